The predicted octanol–water partition coefficient (Wildman–Crippen LogP) is 2.35. The second-order valence-corrected chi connectivity index (χ2v) is 6.41. The van der Waals surface area contributed by atoms with Crippen LogP contribution < -0.4 is 10.6 Å². The fourth-order valence-corrected chi connectivity index (χ4v) is 2.98. The molecule has 0 saturated carbocycles. The smallest absolute Gasteiger partial charge is 0.354 e. The third kappa shape index (κ3) is 4.81. The zero-order valence-corrected chi connectivity index (χ0v) is 14.9. The minimum absolute atomic E-state index is 0.100. The summed E-state index contributed by atoms with van der Waals surface area (Å²) >= 11 is 0. The Morgan fingerprint density at radius 2 is 1.79 bits per heavy atom. The lowest BCUT2D eigenvalue weighted by atomic mass is 10.0. The molecule has 8 nitrogen and oxygen atoms in total. The van der Waals surface area contributed by atoms with Crippen molar-refractivity contribution in [3.05, 3.63) is 59.7 Å². The van der Waals surface area contributed by atoms with Crippen LogP contribution in [0.15, 0.2) is 42.6 Å². The van der Waals surface area contributed by atoms with E-state index in [1.54, 1.807) is 4.90 Å². The molecule has 0 atom stereocenters. The van der Waals surface area contributed by atoms with Crippen molar-refractivity contribution in [3.63, 3.8) is 0 Å². The summed E-state index contributed by atoms with van der Waals surface area (Å²) in [7, 11) is 0. The number of anilines is 1. The number of urea groups is 1. The van der Waals surface area contributed by atoms with Crippen LogP contribution in [0.3, 0.4) is 0 Å². The van der Waals surface area contributed by atoms with Gasteiger partial charge in [0.2, 0.25) is 0 Å². The van der Waals surface area contributed by atoms with Gasteiger partial charge < -0.3 is 20.6 Å². The number of amides is 3. The molecule has 1 aliphatic heterocycles. The Bertz CT molecular complexity index is 880. The van der Waals surface area contributed by atoms with Crippen LogP contribution in [0.4, 0.5) is 14.9 Å². The Kier molecular flexibility index (Phi) is 5.83. The van der Waals surface area contributed by atoms with E-state index >= 15 is 0 Å². The molecule has 2 heterocycles. The molecule has 0 radical (unpaired) electrons. The van der Waals surface area contributed by atoms with Gasteiger partial charge in [0.05, 0.1) is 0 Å². The first-order valence-electron chi connectivity index (χ1n) is 8.74. The van der Waals surface area contributed by atoms with Crippen LogP contribution in [0.5, 0.6) is 0 Å². The van der Waals surface area contributed by atoms with Crippen molar-refractivity contribution >= 4 is 23.6 Å². The Hall–Kier alpha value is -3.49. The van der Waals surface area contributed by atoms with E-state index < -0.39 is 12.0 Å². The van der Waals surface area contributed by atoms with E-state index in [1.807, 2.05) is 0 Å². The second kappa shape index (κ2) is 8.47. The number of nitrogens with one attached hydrogen (secondary N) is 2. The molecule has 146 valence electrons. The third-order valence-corrected chi connectivity index (χ3v) is 4.45. The molecule has 28 heavy (non-hydrogen) atoms. The van der Waals surface area contributed by atoms with Crippen LogP contribution in [0.1, 0.15) is 33.7 Å². The van der Waals surface area contributed by atoms with Crippen molar-refractivity contribution in [2.45, 2.75) is 18.9 Å². The fourth-order valence-electron chi connectivity index (χ4n) is 2.98. The number of carboxylic acids is 1. The van der Waals surface area contributed by atoms with Gasteiger partial charge in [-0.3, -0.25) is 4.79 Å². The van der Waals surface area contributed by atoms with E-state index in [2.05, 4.69) is 15.6 Å². The van der Waals surface area contributed by atoms with E-state index in [0.29, 0.717) is 31.6 Å². The van der Waals surface area contributed by atoms with E-state index in [0.717, 1.165) is 0 Å². The minimum atomic E-state index is -1.19. The topological polar surface area (TPSA) is 112 Å². The zero-order chi connectivity index (χ0) is 20.1. The highest BCUT2D eigenvalue weighted by Gasteiger charge is 2.25. The van der Waals surface area contributed by atoms with Gasteiger partial charge in [0, 0.05) is 36.6 Å². The molecule has 1 saturated heterocycles. The summed E-state index contributed by atoms with van der Waals surface area (Å²) in [5.41, 5.74) is 0.575. The van der Waals surface area contributed by atoms with Gasteiger partial charge in [-0.05, 0) is 49.2 Å². The van der Waals surface area contributed by atoms with Crippen molar-refractivity contribution in [1.82, 2.24) is 15.2 Å². The molecule has 1 fully saturated rings. The van der Waals surface area contributed by atoms with Gasteiger partial charge in [0.15, 0.2) is 0 Å². The monoisotopic (exact) mass is 386 g/mol. The van der Waals surface area contributed by atoms with Crippen LogP contribution >= 0.6 is 0 Å². The number of carbonyl (C=O) groups is 3. The summed E-state index contributed by atoms with van der Waals surface area (Å²) in [6.45, 7) is 0.871. The molecule has 0 bridgehead atoms. The number of carbonyl (C=O) groups excluding carboxylic acids is 2. The first-order chi connectivity index (χ1) is 13.4. The largest absolute Gasteiger partial charge is 0.477 e. The third-order valence-electron chi connectivity index (χ3n) is 4.45. The highest BCUT2D eigenvalue weighted by atomic mass is 19.1. The number of hydrogen-bond donors (Lipinski definition) is 3. The molecular formula is C19H19FN4O4. The first-order valence-corrected chi connectivity index (χ1v) is 8.74. The number of carboxylic acid groups (broad SMARTS) is 1. The highest BCUT2D eigenvalue weighted by Crippen LogP contribution is 2.15. The Labute approximate surface area is 160 Å². The van der Waals surface area contributed by atoms with Crippen molar-refractivity contribution in [2.75, 3.05) is 18.4 Å². The van der Waals surface area contributed by atoms with E-state index in [9.17, 15) is 18.8 Å². The number of pyridine rings is 1. The molecule has 1 aromatic carbocycles. The molecule has 1 aromatic heterocycles. The number of hydrogen-bond acceptors (Lipinski definition) is 4. The molecule has 0 spiro atoms. The van der Waals surface area contributed by atoms with Gasteiger partial charge in [-0.15, -0.1) is 0 Å². The Balaban J connectivity index is 1.50. The van der Waals surface area contributed by atoms with Crippen LogP contribution in [-0.4, -0.2) is 52.0 Å². The summed E-state index contributed by atoms with van der Waals surface area (Å²) < 4.78 is 12.9. The maximum atomic E-state index is 12.9. The summed E-state index contributed by atoms with van der Waals surface area (Å²) in [5, 5.41) is 14.5. The lowest BCUT2D eigenvalue weighted by molar-refractivity contribution is 0.0690. The van der Waals surface area contributed by atoms with Crippen molar-refractivity contribution in [2.24, 2.45) is 0 Å². The van der Waals surface area contributed by atoms with Gasteiger partial charge in [-0.25, -0.2) is 19.0 Å². The number of aromatic carboxylic acids is 1. The number of benzene rings is 1. The molecule has 3 rings (SSSR count). The summed E-state index contributed by atoms with van der Waals surface area (Å²) in [4.78, 5) is 40.9. The Morgan fingerprint density at radius 3 is 2.43 bits per heavy atom. The molecule has 3 N–H and O–H groups in total. The van der Waals surface area contributed by atoms with E-state index in [-0.39, 0.29) is 29.0 Å². The molecule has 2 aromatic rings. The highest BCUT2D eigenvalue weighted by molar-refractivity contribution is 5.96. The van der Waals surface area contributed by atoms with Crippen LogP contribution in [0, 0.1) is 5.82 Å². The van der Waals surface area contributed by atoms with Gasteiger partial charge in [-0.2, -0.15) is 0 Å². The molecular weight excluding hydrogens is 367 g/mol. The summed E-state index contributed by atoms with van der Waals surface area (Å²) in [5.74, 6) is -1.84. The second-order valence-electron chi connectivity index (χ2n) is 6.41. The molecule has 3 amide bonds. The van der Waals surface area contributed by atoms with Gasteiger partial charge in [0.1, 0.15) is 11.5 Å². The van der Waals surface area contributed by atoms with Crippen molar-refractivity contribution in [3.8, 4) is 0 Å². The predicted molar refractivity (Wildman–Crippen MR) is 98.7 cm³/mol. The van der Waals surface area contributed by atoms with Gasteiger partial charge in [-0.1, -0.05) is 0 Å². The SMILES string of the molecule is O=C(Nc1ccc(F)cc1)NC1CCN(C(=O)c2ccnc(C(=O)O)c2)CC1. The molecule has 0 aliphatic carbocycles. The maximum Gasteiger partial charge on any atom is 0.354 e. The quantitative estimate of drug-likeness (QED) is 0.747. The normalized spacial score (nSPS) is 14.4. The number of likely N-dealkylation sites (tertiary alicyclic amines) is 1. The average Bonchev–Trinajstić information content (AvgIpc) is 2.70. The van der Waals surface area contributed by atoms with E-state index in [4.69, 9.17) is 5.11 Å². The first kappa shape index (κ1) is 19.3. The number of halogens is 1. The lowest BCUT2D eigenvalue weighted by Gasteiger charge is -2.32. The van der Waals surface area contributed by atoms with Gasteiger partial charge >= 0.3 is 12.0 Å². The zero-order valence-electron chi connectivity index (χ0n) is 14.9. The van der Waals surface area contributed by atoms with Crippen LogP contribution in [0.25, 0.3) is 0 Å². The van der Waals surface area contributed by atoms with Crippen LogP contribution in [0.2, 0.25) is 0 Å². The average molecular weight is 386 g/mol. The number of rotatable bonds is 4. The summed E-state index contributed by atoms with van der Waals surface area (Å²) in [6, 6.07) is 7.70. The minimum Gasteiger partial charge on any atom is -0.477 e. The van der Waals surface area contributed by atoms with E-state index in [1.165, 1.54) is 42.6 Å². The molecule has 9 heteroatoms. The maximum absolute atomic E-state index is 12.9. The standard InChI is InChI=1S/C19H19FN4O4/c20-13-1-3-14(4-2-13)22-19(28)23-15-6-9-24(10-7-15)17(25)12-5-8-21-16(11-12)18(26)27/h1-5,8,11,15H,6-7,9-10H2,(H,26,27)(H2,22,23,28). The molecule has 0 unspecified atom stereocenters. The number of aromatic nitrogens is 1. The number of nitrogens with zero attached hydrogens (tertiary/aromatic N) is 2. The van der Waals surface area contributed by atoms with Crippen molar-refractivity contribution < 1.29 is 23.9 Å². The fraction of sp³-hybridized carbons (Fsp3) is 0.263. The Morgan fingerprint density at radius 1 is 1.11 bits per heavy atom. The van der Waals surface area contributed by atoms with Crippen LogP contribution in [-0.2, 0) is 0 Å². The van der Waals surface area contributed by atoms with Crippen molar-refractivity contribution in [1.29, 1.82) is 0 Å². The lowest BCUT2D eigenvalue weighted by Crippen LogP contribution is -2.47. The molecule has 1 aliphatic rings. The van der Waals surface area contributed by atoms with Gasteiger partial charge in [0.25, 0.3) is 5.91 Å². The number of piperidine rings is 1. The summed E-state index contributed by atoms with van der Waals surface area (Å²) in [6.07, 6.45) is 2.43.